The van der Waals surface area contributed by atoms with E-state index >= 15 is 0 Å². The fourth-order valence-electron chi connectivity index (χ4n) is 4.04. The van der Waals surface area contributed by atoms with Crippen molar-refractivity contribution in [2.45, 2.75) is 5.92 Å². The van der Waals surface area contributed by atoms with Crippen LogP contribution in [0, 0.1) is 0 Å². The van der Waals surface area contributed by atoms with E-state index in [0.717, 1.165) is 32.3 Å². The van der Waals surface area contributed by atoms with E-state index in [1.807, 2.05) is 60.7 Å². The third-order valence-corrected chi connectivity index (χ3v) is 7.02. The Labute approximate surface area is 239 Å². The van der Waals surface area contributed by atoms with E-state index in [1.54, 1.807) is 37.2 Å². The summed E-state index contributed by atoms with van der Waals surface area (Å²) in [5.74, 6) is -0.0918. The van der Waals surface area contributed by atoms with Gasteiger partial charge in [0.1, 0.15) is 0 Å². The fraction of sp³-hybridized carbons (Fsp3) is 0.0323. The second kappa shape index (κ2) is 12.3. The van der Waals surface area contributed by atoms with Gasteiger partial charge in [-0.05, 0) is 65.2 Å². The fourth-order valence-corrected chi connectivity index (χ4v) is 4.78. The zero-order valence-corrected chi connectivity index (χ0v) is 23.1. The maximum atomic E-state index is 6.71. The molecule has 5 rings (SSSR count). The van der Waals surface area contributed by atoms with Crippen LogP contribution in [0.25, 0.3) is 0 Å². The molecule has 0 unspecified atom stereocenters. The molecule has 0 saturated heterocycles. The first-order chi connectivity index (χ1) is 18.6. The van der Waals surface area contributed by atoms with Gasteiger partial charge in [0, 0.05) is 58.7 Å². The van der Waals surface area contributed by atoms with Gasteiger partial charge in [-0.3, -0.25) is 20.0 Å². The summed E-state index contributed by atoms with van der Waals surface area (Å²) in [6.45, 7) is 0. The van der Waals surface area contributed by atoms with Crippen LogP contribution >= 0.6 is 39.1 Å². The minimum absolute atomic E-state index is 0.0918. The number of benzene rings is 3. The lowest BCUT2D eigenvalue weighted by Crippen LogP contribution is -2.03. The SMILES string of the molecule is Clc1cc(C(c2ccc(Br)cc2)c2ccc(N=Cc3cccnc3)c(Cl)c2)ccc1N=Cc1cccnc1. The molecule has 5 aromatic rings. The number of rotatable bonds is 7. The highest BCUT2D eigenvalue weighted by Crippen LogP contribution is 2.39. The summed E-state index contributed by atoms with van der Waals surface area (Å²) >= 11 is 17.0. The van der Waals surface area contributed by atoms with Gasteiger partial charge in [0.25, 0.3) is 0 Å². The number of halogens is 3. The molecule has 2 aromatic heterocycles. The average Bonchev–Trinajstić information content (AvgIpc) is 2.94. The van der Waals surface area contributed by atoms with E-state index in [9.17, 15) is 0 Å². The zero-order valence-electron chi connectivity index (χ0n) is 20.0. The molecule has 0 radical (unpaired) electrons. The first-order valence-electron chi connectivity index (χ1n) is 11.8. The second-order valence-corrected chi connectivity index (χ2v) is 10.2. The molecule has 2 heterocycles. The maximum Gasteiger partial charge on any atom is 0.0816 e. The molecule has 38 heavy (non-hydrogen) atoms. The van der Waals surface area contributed by atoms with Crippen LogP contribution in [0.1, 0.15) is 33.7 Å². The van der Waals surface area contributed by atoms with Crippen LogP contribution in [0.2, 0.25) is 10.0 Å². The molecular weight excluding hydrogens is 579 g/mol. The Kier molecular flexibility index (Phi) is 8.39. The van der Waals surface area contributed by atoms with Crippen molar-refractivity contribution in [3.8, 4) is 0 Å². The zero-order chi connectivity index (χ0) is 26.3. The number of pyridine rings is 2. The molecule has 186 valence electrons. The van der Waals surface area contributed by atoms with E-state index in [1.165, 1.54) is 0 Å². The van der Waals surface area contributed by atoms with Gasteiger partial charge in [-0.2, -0.15) is 0 Å². The molecule has 0 spiro atoms. The Balaban J connectivity index is 1.49. The van der Waals surface area contributed by atoms with Gasteiger partial charge in [0.05, 0.1) is 21.4 Å². The Hall–Kier alpha value is -3.64. The highest BCUT2D eigenvalue weighted by molar-refractivity contribution is 9.10. The van der Waals surface area contributed by atoms with Crippen molar-refractivity contribution in [3.05, 3.63) is 152 Å². The third kappa shape index (κ3) is 6.43. The Morgan fingerprint density at radius 1 is 0.632 bits per heavy atom. The van der Waals surface area contributed by atoms with Gasteiger partial charge < -0.3 is 0 Å². The Morgan fingerprint density at radius 2 is 1.11 bits per heavy atom. The Morgan fingerprint density at radius 3 is 1.53 bits per heavy atom. The van der Waals surface area contributed by atoms with E-state index in [2.05, 4.69) is 60.1 Å². The largest absolute Gasteiger partial charge is 0.264 e. The molecule has 0 aliphatic rings. The summed E-state index contributed by atoms with van der Waals surface area (Å²) in [5, 5.41) is 1.13. The van der Waals surface area contributed by atoms with Crippen molar-refractivity contribution in [3.63, 3.8) is 0 Å². The Bertz CT molecular complexity index is 1490. The average molecular weight is 600 g/mol. The number of hydrogen-bond acceptors (Lipinski definition) is 4. The van der Waals surface area contributed by atoms with Crippen molar-refractivity contribution in [1.29, 1.82) is 0 Å². The lowest BCUT2D eigenvalue weighted by Gasteiger charge is -2.20. The number of hydrogen-bond donors (Lipinski definition) is 0. The van der Waals surface area contributed by atoms with Crippen LogP contribution < -0.4 is 0 Å². The lowest BCUT2D eigenvalue weighted by atomic mass is 9.85. The van der Waals surface area contributed by atoms with Gasteiger partial charge in [-0.1, -0.05) is 75.5 Å². The molecule has 0 saturated carbocycles. The first-order valence-corrected chi connectivity index (χ1v) is 13.3. The highest BCUT2D eigenvalue weighted by atomic mass is 79.9. The predicted molar refractivity (Wildman–Crippen MR) is 161 cm³/mol. The summed E-state index contributed by atoms with van der Waals surface area (Å²) in [6, 6.07) is 27.8. The molecule has 7 heteroatoms. The van der Waals surface area contributed by atoms with Crippen LogP contribution in [0.15, 0.2) is 124 Å². The molecule has 0 fully saturated rings. The van der Waals surface area contributed by atoms with E-state index in [4.69, 9.17) is 23.2 Å². The third-order valence-electron chi connectivity index (χ3n) is 5.89. The molecule has 0 aliphatic heterocycles. The molecule has 0 bridgehead atoms. The van der Waals surface area contributed by atoms with Crippen molar-refractivity contribution >= 4 is 62.9 Å². The van der Waals surface area contributed by atoms with Crippen molar-refractivity contribution in [1.82, 2.24) is 9.97 Å². The van der Waals surface area contributed by atoms with Crippen LogP contribution in [0.3, 0.4) is 0 Å². The minimum atomic E-state index is -0.0918. The summed E-state index contributed by atoms with van der Waals surface area (Å²) in [5.41, 5.74) is 6.35. The standard InChI is InChI=1S/C31H21BrCl2N4/c32-26-9-5-23(6-10-26)31(24-7-11-29(27(33)15-24)37-19-21-3-1-13-35-17-21)25-8-12-30(28(34)16-25)38-20-22-4-2-14-36-18-22/h1-20,31H. The van der Waals surface area contributed by atoms with E-state index in [-0.39, 0.29) is 5.92 Å². The molecule has 3 aromatic carbocycles. The molecule has 4 nitrogen and oxygen atoms in total. The van der Waals surface area contributed by atoms with Gasteiger partial charge in [0.15, 0.2) is 0 Å². The monoisotopic (exact) mass is 598 g/mol. The molecule has 0 N–H and O–H groups in total. The number of nitrogens with zero attached hydrogens (tertiary/aromatic N) is 4. The normalized spacial score (nSPS) is 12.3. The summed E-state index contributed by atoms with van der Waals surface area (Å²) in [7, 11) is 0. The smallest absolute Gasteiger partial charge is 0.0816 e. The lowest BCUT2D eigenvalue weighted by molar-refractivity contribution is 0.977. The van der Waals surface area contributed by atoms with E-state index < -0.39 is 0 Å². The van der Waals surface area contributed by atoms with E-state index in [0.29, 0.717) is 21.4 Å². The topological polar surface area (TPSA) is 50.5 Å². The van der Waals surface area contributed by atoms with Gasteiger partial charge >= 0.3 is 0 Å². The summed E-state index contributed by atoms with van der Waals surface area (Å²) in [4.78, 5) is 17.4. The van der Waals surface area contributed by atoms with Crippen molar-refractivity contribution in [2.75, 3.05) is 0 Å². The minimum Gasteiger partial charge on any atom is -0.264 e. The molecule has 0 amide bonds. The van der Waals surface area contributed by atoms with Gasteiger partial charge in [-0.15, -0.1) is 0 Å². The molecular formula is C31H21BrCl2N4. The summed E-state index contributed by atoms with van der Waals surface area (Å²) in [6.07, 6.45) is 10.5. The quantitative estimate of drug-likeness (QED) is 0.138. The van der Waals surface area contributed by atoms with Crippen LogP contribution in [0.5, 0.6) is 0 Å². The maximum absolute atomic E-state index is 6.71. The van der Waals surface area contributed by atoms with Crippen LogP contribution in [-0.2, 0) is 0 Å². The van der Waals surface area contributed by atoms with Crippen LogP contribution in [-0.4, -0.2) is 22.4 Å². The van der Waals surface area contributed by atoms with Crippen LogP contribution in [0.4, 0.5) is 11.4 Å². The van der Waals surface area contributed by atoms with Gasteiger partial charge in [0.2, 0.25) is 0 Å². The molecule has 0 atom stereocenters. The molecule has 0 aliphatic carbocycles. The number of aliphatic imine (C=N–C) groups is 2. The number of aromatic nitrogens is 2. The predicted octanol–water partition coefficient (Wildman–Crippen LogP) is 9.23. The van der Waals surface area contributed by atoms with Crippen molar-refractivity contribution < 1.29 is 0 Å². The van der Waals surface area contributed by atoms with Gasteiger partial charge in [-0.25, -0.2) is 0 Å². The first kappa shape index (κ1) is 26.0. The van der Waals surface area contributed by atoms with Crippen molar-refractivity contribution in [2.24, 2.45) is 9.98 Å². The second-order valence-electron chi connectivity index (χ2n) is 8.50. The summed E-state index contributed by atoms with van der Waals surface area (Å²) < 4.78 is 1.01. The highest BCUT2D eigenvalue weighted by Gasteiger charge is 2.19.